The number of aromatic nitrogens is 2. The van der Waals surface area contributed by atoms with Crippen LogP contribution >= 0.6 is 0 Å². The minimum atomic E-state index is -0.318. The summed E-state index contributed by atoms with van der Waals surface area (Å²) in [5.74, 6) is 0. The van der Waals surface area contributed by atoms with Crippen LogP contribution in [-0.2, 0) is 9.53 Å². The number of anilines is 2. The topological polar surface area (TPSA) is 78.5 Å². The van der Waals surface area contributed by atoms with Crippen molar-refractivity contribution in [1.29, 1.82) is 0 Å². The number of hydrogen-bond acceptors (Lipinski definition) is 4. The van der Waals surface area contributed by atoms with Gasteiger partial charge in [-0.05, 0) is 63.6 Å². The Bertz CT molecular complexity index is 1010. The van der Waals surface area contributed by atoms with E-state index in [0.29, 0.717) is 19.6 Å². The van der Waals surface area contributed by atoms with Crippen LogP contribution in [0.1, 0.15) is 26.3 Å². The second-order valence-corrected chi connectivity index (χ2v) is 7.82. The van der Waals surface area contributed by atoms with E-state index in [2.05, 4.69) is 14.7 Å². The molecule has 3 heterocycles. The Morgan fingerprint density at radius 1 is 1.14 bits per heavy atom. The van der Waals surface area contributed by atoms with Crippen LogP contribution in [0.25, 0.3) is 10.9 Å². The molecule has 1 aliphatic rings. The molecule has 7 heteroatoms. The lowest BCUT2D eigenvalue weighted by molar-refractivity contribution is -0.138. The van der Waals surface area contributed by atoms with Gasteiger partial charge in [0.15, 0.2) is 0 Å². The quantitative estimate of drug-likeness (QED) is 0.673. The third kappa shape index (κ3) is 4.74. The first-order valence-electron chi connectivity index (χ1n) is 9.48. The van der Waals surface area contributed by atoms with Gasteiger partial charge in [0.05, 0.1) is 11.9 Å². The van der Waals surface area contributed by atoms with E-state index in [1.54, 1.807) is 17.3 Å². The molecule has 1 saturated heterocycles. The molecule has 3 aromatic rings. The van der Waals surface area contributed by atoms with Gasteiger partial charge in [-0.3, -0.25) is 19.6 Å². The molecule has 1 N–H and O–H groups in total. The van der Waals surface area contributed by atoms with Crippen molar-refractivity contribution in [2.75, 3.05) is 22.9 Å². The number of aromatic amines is 1. The van der Waals surface area contributed by atoms with E-state index in [9.17, 15) is 9.59 Å². The summed E-state index contributed by atoms with van der Waals surface area (Å²) in [6.45, 7) is 9.28. The van der Waals surface area contributed by atoms with Crippen molar-refractivity contribution in [2.45, 2.75) is 33.3 Å². The monoisotopic (exact) mass is 394 g/mol. The number of urea groups is 1. The average molecular weight is 394 g/mol. The zero-order chi connectivity index (χ0) is 21.0. The Morgan fingerprint density at radius 3 is 2.55 bits per heavy atom. The molecule has 1 aliphatic heterocycles. The first-order chi connectivity index (χ1) is 13.8. The van der Waals surface area contributed by atoms with E-state index in [-0.39, 0.29) is 11.6 Å². The Balaban J connectivity index is 0.000000298. The molecule has 0 bridgehead atoms. The third-order valence-corrected chi connectivity index (χ3v) is 4.56. The normalized spacial score (nSPS) is 14.0. The van der Waals surface area contributed by atoms with Crippen molar-refractivity contribution in [1.82, 2.24) is 9.97 Å². The number of rotatable bonds is 3. The summed E-state index contributed by atoms with van der Waals surface area (Å²) in [4.78, 5) is 33.3. The van der Waals surface area contributed by atoms with Crippen LogP contribution in [0.2, 0.25) is 0 Å². The fourth-order valence-corrected chi connectivity index (χ4v) is 3.09. The molecule has 2 aromatic heterocycles. The number of nitrogens with one attached hydrogen (secondary N) is 1. The maximum absolute atomic E-state index is 12.7. The van der Waals surface area contributed by atoms with E-state index in [1.807, 2.05) is 69.1 Å². The van der Waals surface area contributed by atoms with Crippen LogP contribution in [0.4, 0.5) is 16.2 Å². The second kappa shape index (κ2) is 8.34. The van der Waals surface area contributed by atoms with E-state index < -0.39 is 0 Å². The van der Waals surface area contributed by atoms with Gasteiger partial charge in [0.25, 0.3) is 6.47 Å². The molecule has 4 rings (SSSR count). The van der Waals surface area contributed by atoms with Gasteiger partial charge in [0, 0.05) is 42.1 Å². The van der Waals surface area contributed by atoms with Gasteiger partial charge in [-0.15, -0.1) is 0 Å². The number of fused-ring (bicyclic) bond motifs is 1. The number of ether oxygens (including phenoxy) is 1. The lowest BCUT2D eigenvalue weighted by Gasteiger charge is -2.20. The molecule has 152 valence electrons. The van der Waals surface area contributed by atoms with E-state index in [1.165, 1.54) is 0 Å². The van der Waals surface area contributed by atoms with Gasteiger partial charge in [0.2, 0.25) is 0 Å². The third-order valence-electron chi connectivity index (χ3n) is 4.56. The fraction of sp³-hybridized carbons (Fsp3) is 0.318. The number of H-pyrrole nitrogens is 1. The zero-order valence-electron chi connectivity index (χ0n) is 17.2. The number of aryl methyl sites for hydroxylation is 1. The van der Waals surface area contributed by atoms with Gasteiger partial charge in [-0.25, -0.2) is 4.79 Å². The summed E-state index contributed by atoms with van der Waals surface area (Å²) in [6, 6.07) is 9.99. The summed E-state index contributed by atoms with van der Waals surface area (Å²) in [6.07, 6.45) is 5.41. The minimum absolute atomic E-state index is 0.00554. The maximum Gasteiger partial charge on any atom is 0.329 e. The van der Waals surface area contributed by atoms with Crippen molar-refractivity contribution < 1.29 is 14.3 Å². The first-order valence-corrected chi connectivity index (χ1v) is 9.48. The van der Waals surface area contributed by atoms with Gasteiger partial charge in [0.1, 0.15) is 5.60 Å². The number of carbonyl (C=O) groups is 2. The zero-order valence-corrected chi connectivity index (χ0v) is 17.2. The van der Waals surface area contributed by atoms with Crippen LogP contribution in [0.5, 0.6) is 0 Å². The SMILES string of the molecule is CC(C)(C)OC=O.Cc1ccncc1N1CCN(c2ccc3[nH]ccc3c2)C1=O. The van der Waals surface area contributed by atoms with Gasteiger partial charge in [-0.2, -0.15) is 0 Å². The highest BCUT2D eigenvalue weighted by atomic mass is 16.5. The second-order valence-electron chi connectivity index (χ2n) is 7.82. The molecule has 29 heavy (non-hydrogen) atoms. The van der Waals surface area contributed by atoms with Crippen LogP contribution in [-0.4, -0.2) is 41.2 Å². The van der Waals surface area contributed by atoms with E-state index >= 15 is 0 Å². The smallest absolute Gasteiger partial charge is 0.329 e. The van der Waals surface area contributed by atoms with Gasteiger partial charge < -0.3 is 9.72 Å². The summed E-state index contributed by atoms with van der Waals surface area (Å²) in [5, 5.41) is 1.11. The molecule has 1 aromatic carbocycles. The highest BCUT2D eigenvalue weighted by molar-refractivity contribution is 6.07. The van der Waals surface area contributed by atoms with E-state index in [4.69, 9.17) is 0 Å². The van der Waals surface area contributed by atoms with Crippen molar-refractivity contribution in [3.8, 4) is 0 Å². The Morgan fingerprint density at radius 2 is 1.90 bits per heavy atom. The molecule has 0 saturated carbocycles. The minimum Gasteiger partial charge on any atom is -0.462 e. The van der Waals surface area contributed by atoms with E-state index in [0.717, 1.165) is 27.8 Å². The number of carbonyl (C=O) groups excluding carboxylic acids is 2. The fourth-order valence-electron chi connectivity index (χ4n) is 3.09. The molecule has 2 amide bonds. The number of amides is 2. The molecule has 1 fully saturated rings. The molecular formula is C22H26N4O3. The molecule has 7 nitrogen and oxygen atoms in total. The predicted molar refractivity (Wildman–Crippen MR) is 114 cm³/mol. The van der Waals surface area contributed by atoms with Crippen molar-refractivity contribution in [3.63, 3.8) is 0 Å². The molecule has 0 spiro atoms. The summed E-state index contributed by atoms with van der Waals surface area (Å²) >= 11 is 0. The Labute approximate surface area is 170 Å². The maximum atomic E-state index is 12.7. The number of benzene rings is 1. The average Bonchev–Trinajstić information content (AvgIpc) is 3.27. The molecular weight excluding hydrogens is 368 g/mol. The van der Waals surface area contributed by atoms with Gasteiger partial charge in [-0.1, -0.05) is 0 Å². The van der Waals surface area contributed by atoms with Crippen LogP contribution in [0.3, 0.4) is 0 Å². The number of hydrogen-bond donors (Lipinski definition) is 1. The van der Waals surface area contributed by atoms with Crippen molar-refractivity contribution in [2.24, 2.45) is 0 Å². The largest absolute Gasteiger partial charge is 0.462 e. The highest BCUT2D eigenvalue weighted by Crippen LogP contribution is 2.28. The molecule has 0 atom stereocenters. The first kappa shape index (κ1) is 20.4. The Kier molecular flexibility index (Phi) is 5.87. The van der Waals surface area contributed by atoms with Crippen molar-refractivity contribution in [3.05, 3.63) is 54.5 Å². The molecule has 0 unspecified atom stereocenters. The van der Waals surface area contributed by atoms with Crippen LogP contribution < -0.4 is 9.80 Å². The van der Waals surface area contributed by atoms with Crippen LogP contribution in [0, 0.1) is 6.92 Å². The van der Waals surface area contributed by atoms with Crippen LogP contribution in [0.15, 0.2) is 48.9 Å². The Hall–Kier alpha value is -3.35. The lowest BCUT2D eigenvalue weighted by Crippen LogP contribution is -2.32. The standard InChI is InChI=1S/C17H16N4O.C5H10O2/c1-12-4-6-18-11-16(12)21-9-8-20(17(21)22)14-2-3-15-13(10-14)5-7-19-15;1-5(2,3)7-4-6/h2-7,10-11,19H,8-9H2,1H3;4H,1-3H3. The number of pyridine rings is 1. The molecule has 0 aliphatic carbocycles. The molecule has 0 radical (unpaired) electrons. The lowest BCUT2D eigenvalue weighted by atomic mass is 10.2. The summed E-state index contributed by atoms with van der Waals surface area (Å²) < 4.78 is 4.55. The van der Waals surface area contributed by atoms with Crippen molar-refractivity contribution >= 4 is 34.8 Å². The summed E-state index contributed by atoms with van der Waals surface area (Å²) in [7, 11) is 0. The highest BCUT2D eigenvalue weighted by Gasteiger charge is 2.31. The van der Waals surface area contributed by atoms with Gasteiger partial charge >= 0.3 is 6.03 Å². The summed E-state index contributed by atoms with van der Waals surface area (Å²) in [5.41, 5.74) is 3.64. The predicted octanol–water partition coefficient (Wildman–Crippen LogP) is 4.28. The number of nitrogens with zero attached hydrogens (tertiary/aromatic N) is 3.